The van der Waals surface area contributed by atoms with Gasteiger partial charge < -0.3 is 14.6 Å². The molecule has 0 bridgehead atoms. The third-order valence-corrected chi connectivity index (χ3v) is 4.08. The Bertz CT molecular complexity index is 943. The molecule has 0 spiro atoms. The maximum absolute atomic E-state index is 12.4. The van der Waals surface area contributed by atoms with Crippen LogP contribution in [0, 0.1) is 0 Å². The standard InChI is InChI=1S/C19H20N4O3S/c1-12(11-25-2)20-19(27)22-21-18(24)14-8-9-16-15(10-14)17(26-23-16)13-6-4-3-5-7-13/h3-10,12H,11H2,1-2H3,(H,21,24)(H2,20,22,27)/t12-/m1/s1. The van der Waals surface area contributed by atoms with Crippen LogP contribution in [0.5, 0.6) is 0 Å². The number of hydrogen-bond donors (Lipinski definition) is 3. The molecule has 1 amide bonds. The van der Waals surface area contributed by atoms with Crippen LogP contribution in [-0.4, -0.2) is 35.9 Å². The molecule has 1 heterocycles. The van der Waals surface area contributed by atoms with Crippen LogP contribution in [0.4, 0.5) is 0 Å². The predicted octanol–water partition coefficient (Wildman–Crippen LogP) is 2.64. The van der Waals surface area contributed by atoms with Crippen molar-refractivity contribution in [2.75, 3.05) is 13.7 Å². The number of hydrazine groups is 1. The van der Waals surface area contributed by atoms with E-state index in [-0.39, 0.29) is 11.9 Å². The second-order valence-electron chi connectivity index (χ2n) is 6.02. The van der Waals surface area contributed by atoms with Crippen molar-refractivity contribution in [1.82, 2.24) is 21.3 Å². The highest BCUT2D eigenvalue weighted by molar-refractivity contribution is 7.80. The Labute approximate surface area is 162 Å². The van der Waals surface area contributed by atoms with Gasteiger partial charge in [-0.3, -0.25) is 15.6 Å². The maximum atomic E-state index is 12.4. The van der Waals surface area contributed by atoms with Gasteiger partial charge in [-0.15, -0.1) is 0 Å². The molecule has 0 radical (unpaired) electrons. The van der Waals surface area contributed by atoms with Crippen LogP contribution >= 0.6 is 12.2 Å². The Balaban J connectivity index is 1.71. The molecule has 7 nitrogen and oxygen atoms in total. The van der Waals surface area contributed by atoms with Gasteiger partial charge in [-0.2, -0.15) is 0 Å². The Morgan fingerprint density at radius 2 is 2.00 bits per heavy atom. The summed E-state index contributed by atoms with van der Waals surface area (Å²) in [5.41, 5.74) is 7.30. The monoisotopic (exact) mass is 384 g/mol. The summed E-state index contributed by atoms with van der Waals surface area (Å²) in [6, 6.07) is 14.8. The minimum Gasteiger partial charge on any atom is -0.383 e. The summed E-state index contributed by atoms with van der Waals surface area (Å²) in [6.07, 6.45) is 0. The molecule has 3 aromatic rings. The first kappa shape index (κ1) is 18.8. The zero-order valence-electron chi connectivity index (χ0n) is 15.0. The lowest BCUT2D eigenvalue weighted by Gasteiger charge is -2.16. The first-order chi connectivity index (χ1) is 13.1. The fourth-order valence-corrected chi connectivity index (χ4v) is 2.87. The van der Waals surface area contributed by atoms with Crippen molar-refractivity contribution in [3.05, 3.63) is 54.1 Å². The smallest absolute Gasteiger partial charge is 0.269 e. The van der Waals surface area contributed by atoms with E-state index in [1.54, 1.807) is 25.3 Å². The second kappa shape index (κ2) is 8.61. The van der Waals surface area contributed by atoms with Gasteiger partial charge in [0.25, 0.3) is 5.91 Å². The molecule has 0 saturated heterocycles. The molecule has 2 aromatic carbocycles. The normalized spacial score (nSPS) is 11.8. The summed E-state index contributed by atoms with van der Waals surface area (Å²) in [4.78, 5) is 12.4. The van der Waals surface area contributed by atoms with Crippen molar-refractivity contribution in [2.45, 2.75) is 13.0 Å². The zero-order chi connectivity index (χ0) is 19.2. The van der Waals surface area contributed by atoms with Crippen LogP contribution in [0.15, 0.2) is 53.1 Å². The molecule has 0 aliphatic rings. The topological polar surface area (TPSA) is 88.4 Å². The number of amides is 1. The molecule has 0 aliphatic carbocycles. The minimum atomic E-state index is -0.319. The van der Waals surface area contributed by atoms with Crippen molar-refractivity contribution >= 4 is 34.1 Å². The van der Waals surface area contributed by atoms with E-state index in [0.717, 1.165) is 10.9 Å². The highest BCUT2D eigenvalue weighted by Crippen LogP contribution is 2.29. The number of hydrogen-bond acceptors (Lipinski definition) is 5. The van der Waals surface area contributed by atoms with Gasteiger partial charge in [0.15, 0.2) is 10.9 Å². The molecule has 27 heavy (non-hydrogen) atoms. The molecule has 8 heteroatoms. The number of nitrogens with zero attached hydrogens (tertiary/aromatic N) is 1. The molecule has 3 N–H and O–H groups in total. The molecule has 140 valence electrons. The quantitative estimate of drug-likeness (QED) is 0.460. The third kappa shape index (κ3) is 4.60. The van der Waals surface area contributed by atoms with Crippen molar-refractivity contribution in [2.24, 2.45) is 0 Å². The van der Waals surface area contributed by atoms with Crippen molar-refractivity contribution in [3.8, 4) is 11.3 Å². The number of ether oxygens (including phenoxy) is 1. The van der Waals surface area contributed by atoms with Crippen LogP contribution in [0.3, 0.4) is 0 Å². The minimum absolute atomic E-state index is 0.0219. The van der Waals surface area contributed by atoms with E-state index in [1.807, 2.05) is 37.3 Å². The Morgan fingerprint density at radius 1 is 1.22 bits per heavy atom. The summed E-state index contributed by atoms with van der Waals surface area (Å²) in [5.74, 6) is 0.305. The van der Waals surface area contributed by atoms with Gasteiger partial charge >= 0.3 is 0 Å². The fraction of sp³-hybridized carbons (Fsp3) is 0.211. The van der Waals surface area contributed by atoms with Gasteiger partial charge in [-0.1, -0.05) is 35.5 Å². The number of nitrogens with one attached hydrogen (secondary N) is 3. The van der Waals surface area contributed by atoms with Gasteiger partial charge in [0.2, 0.25) is 0 Å². The molecule has 1 aromatic heterocycles. The third-order valence-electron chi connectivity index (χ3n) is 3.86. The van der Waals surface area contributed by atoms with Crippen LogP contribution < -0.4 is 16.2 Å². The van der Waals surface area contributed by atoms with E-state index in [1.165, 1.54) is 0 Å². The summed E-state index contributed by atoms with van der Waals surface area (Å²) in [6.45, 7) is 2.42. The summed E-state index contributed by atoms with van der Waals surface area (Å²) in [5, 5.41) is 8.13. The lowest BCUT2D eigenvalue weighted by molar-refractivity contribution is 0.0943. The highest BCUT2D eigenvalue weighted by atomic mass is 32.1. The largest absolute Gasteiger partial charge is 0.383 e. The van der Waals surface area contributed by atoms with Gasteiger partial charge in [0.05, 0.1) is 12.0 Å². The number of carbonyl (C=O) groups is 1. The molecule has 0 fully saturated rings. The van der Waals surface area contributed by atoms with E-state index < -0.39 is 0 Å². The SMILES string of the molecule is COC[C@@H](C)NC(=S)NNC(=O)c1ccc2noc(-c3ccccc3)c2c1. The molecular formula is C19H20N4O3S. The number of methoxy groups -OCH3 is 1. The van der Waals surface area contributed by atoms with Crippen LogP contribution in [0.2, 0.25) is 0 Å². The van der Waals surface area contributed by atoms with E-state index in [9.17, 15) is 4.79 Å². The lowest BCUT2D eigenvalue weighted by Crippen LogP contribution is -2.49. The van der Waals surface area contributed by atoms with Crippen molar-refractivity contribution < 1.29 is 14.1 Å². The van der Waals surface area contributed by atoms with Crippen LogP contribution in [0.1, 0.15) is 17.3 Å². The van der Waals surface area contributed by atoms with E-state index in [2.05, 4.69) is 21.3 Å². The van der Waals surface area contributed by atoms with E-state index in [0.29, 0.717) is 28.6 Å². The number of carbonyl (C=O) groups excluding carboxylic acids is 1. The van der Waals surface area contributed by atoms with E-state index in [4.69, 9.17) is 21.5 Å². The number of aromatic nitrogens is 1. The Morgan fingerprint density at radius 3 is 2.74 bits per heavy atom. The molecular weight excluding hydrogens is 364 g/mol. The van der Waals surface area contributed by atoms with Gasteiger partial charge in [-0.05, 0) is 37.3 Å². The number of rotatable bonds is 5. The molecule has 1 atom stereocenters. The van der Waals surface area contributed by atoms with Crippen LogP contribution in [-0.2, 0) is 4.74 Å². The maximum Gasteiger partial charge on any atom is 0.269 e. The first-order valence-electron chi connectivity index (χ1n) is 8.39. The van der Waals surface area contributed by atoms with Crippen molar-refractivity contribution in [3.63, 3.8) is 0 Å². The summed E-state index contributed by atoms with van der Waals surface area (Å²) in [7, 11) is 1.61. The summed E-state index contributed by atoms with van der Waals surface area (Å²) >= 11 is 5.14. The van der Waals surface area contributed by atoms with Gasteiger partial charge in [0.1, 0.15) is 5.52 Å². The average Bonchev–Trinajstić information content (AvgIpc) is 3.10. The Hall–Kier alpha value is -2.97. The van der Waals surface area contributed by atoms with E-state index >= 15 is 0 Å². The van der Waals surface area contributed by atoms with Crippen molar-refractivity contribution in [1.29, 1.82) is 0 Å². The number of fused-ring (bicyclic) bond motifs is 1. The van der Waals surface area contributed by atoms with Gasteiger partial charge in [0, 0.05) is 24.3 Å². The lowest BCUT2D eigenvalue weighted by atomic mass is 10.1. The predicted molar refractivity (Wildman–Crippen MR) is 107 cm³/mol. The average molecular weight is 384 g/mol. The molecule has 0 unspecified atom stereocenters. The second-order valence-corrected chi connectivity index (χ2v) is 6.43. The zero-order valence-corrected chi connectivity index (χ0v) is 15.8. The van der Waals surface area contributed by atoms with Crippen LogP contribution in [0.25, 0.3) is 22.2 Å². The summed E-state index contributed by atoms with van der Waals surface area (Å²) < 4.78 is 10.5. The number of thiocarbonyl (C=S) groups is 1. The highest BCUT2D eigenvalue weighted by Gasteiger charge is 2.14. The Kier molecular flexibility index (Phi) is 6.00. The fourth-order valence-electron chi connectivity index (χ4n) is 2.62. The molecule has 0 aliphatic heterocycles. The molecule has 3 rings (SSSR count). The molecule has 0 saturated carbocycles. The van der Waals surface area contributed by atoms with Gasteiger partial charge in [-0.25, -0.2) is 0 Å². The first-order valence-corrected chi connectivity index (χ1v) is 8.80. The number of benzene rings is 2.